The molecule has 4 aromatic rings. The number of halogens is 1. The number of phenolic OH excluding ortho intramolecular Hbond substituents is 3. The molecule has 0 aliphatic carbocycles. The Bertz CT molecular complexity index is 1500. The Morgan fingerprint density at radius 2 is 1.61 bits per heavy atom. The molecular weight excluding hydrogens is 435 g/mol. The van der Waals surface area contributed by atoms with Gasteiger partial charge in [0.15, 0.2) is 17.3 Å². The van der Waals surface area contributed by atoms with Gasteiger partial charge in [-0.2, -0.15) is 0 Å². The van der Waals surface area contributed by atoms with Gasteiger partial charge < -0.3 is 29.6 Å². The second-order valence-corrected chi connectivity index (χ2v) is 7.61. The SMILES string of the molecule is O=C1C[C@H](c2ccc(F)cc2)c2c(cc(O)c3c(=O)c(O)c(-c4ccc(O)c(O)c4)oc23)O1. The standard InChI is InChI=1S/C24H15FO8/c25-12-4-1-10(2-5-12)13-8-18(29)32-17-9-16(28)20-21(30)22(31)23(33-24(20)19(13)17)11-3-6-14(26)15(27)7-11/h1-7,9,13,26-28,31H,8H2/t13-/m1/s1. The number of aromatic hydroxyl groups is 4. The maximum atomic E-state index is 13.5. The van der Waals surface area contributed by atoms with E-state index in [1.165, 1.54) is 30.3 Å². The first-order valence-corrected chi connectivity index (χ1v) is 9.78. The number of phenols is 3. The molecule has 0 saturated carbocycles. The third-order valence-electron chi connectivity index (χ3n) is 5.58. The summed E-state index contributed by atoms with van der Waals surface area (Å²) in [5, 5.41) is 40.0. The summed E-state index contributed by atoms with van der Waals surface area (Å²) in [6, 6.07) is 10.1. The highest BCUT2D eigenvalue weighted by Gasteiger charge is 2.34. The van der Waals surface area contributed by atoms with Crippen molar-refractivity contribution < 1.29 is 38.8 Å². The molecule has 1 atom stereocenters. The summed E-state index contributed by atoms with van der Waals surface area (Å²) < 4.78 is 24.6. The topological polar surface area (TPSA) is 137 Å². The minimum atomic E-state index is -0.950. The van der Waals surface area contributed by atoms with Crippen LogP contribution < -0.4 is 10.2 Å². The summed E-state index contributed by atoms with van der Waals surface area (Å²) >= 11 is 0. The van der Waals surface area contributed by atoms with Crippen LogP contribution in [0.5, 0.6) is 28.7 Å². The van der Waals surface area contributed by atoms with Gasteiger partial charge >= 0.3 is 5.97 Å². The lowest BCUT2D eigenvalue weighted by molar-refractivity contribution is -0.135. The molecule has 4 N–H and O–H groups in total. The molecule has 5 rings (SSSR count). The van der Waals surface area contributed by atoms with E-state index in [0.29, 0.717) is 5.56 Å². The Labute approximate surface area is 184 Å². The fourth-order valence-corrected chi connectivity index (χ4v) is 4.02. The van der Waals surface area contributed by atoms with E-state index >= 15 is 0 Å². The fourth-order valence-electron chi connectivity index (χ4n) is 4.02. The third-order valence-corrected chi connectivity index (χ3v) is 5.58. The maximum Gasteiger partial charge on any atom is 0.312 e. The van der Waals surface area contributed by atoms with Crippen molar-refractivity contribution >= 4 is 16.9 Å². The van der Waals surface area contributed by atoms with E-state index in [1.807, 2.05) is 0 Å². The summed E-state index contributed by atoms with van der Waals surface area (Å²) in [4.78, 5) is 25.2. The summed E-state index contributed by atoms with van der Waals surface area (Å²) in [5.41, 5.74) is -0.215. The second kappa shape index (κ2) is 7.27. The van der Waals surface area contributed by atoms with Gasteiger partial charge in [0.25, 0.3) is 0 Å². The molecule has 0 fully saturated rings. The molecule has 0 spiro atoms. The van der Waals surface area contributed by atoms with Crippen LogP contribution in [-0.4, -0.2) is 26.4 Å². The molecular formula is C24H15FO8. The highest BCUT2D eigenvalue weighted by Crippen LogP contribution is 2.47. The molecule has 0 unspecified atom stereocenters. The summed E-state index contributed by atoms with van der Waals surface area (Å²) in [5.74, 6) is -4.46. The molecule has 2 heterocycles. The number of hydrogen-bond donors (Lipinski definition) is 4. The Hall–Kier alpha value is -4.53. The number of hydrogen-bond acceptors (Lipinski definition) is 8. The van der Waals surface area contributed by atoms with Crippen molar-refractivity contribution in [2.45, 2.75) is 12.3 Å². The monoisotopic (exact) mass is 450 g/mol. The van der Waals surface area contributed by atoms with Gasteiger partial charge in [0.1, 0.15) is 28.3 Å². The van der Waals surface area contributed by atoms with Crippen LogP contribution in [0.4, 0.5) is 4.39 Å². The first-order valence-electron chi connectivity index (χ1n) is 9.78. The van der Waals surface area contributed by atoms with Crippen molar-refractivity contribution in [1.29, 1.82) is 0 Å². The van der Waals surface area contributed by atoms with Gasteiger partial charge in [0.2, 0.25) is 11.2 Å². The van der Waals surface area contributed by atoms with E-state index in [0.717, 1.165) is 18.2 Å². The van der Waals surface area contributed by atoms with E-state index in [-0.39, 0.29) is 40.0 Å². The van der Waals surface area contributed by atoms with E-state index in [2.05, 4.69) is 0 Å². The number of rotatable bonds is 2. The van der Waals surface area contributed by atoms with Gasteiger partial charge in [-0.15, -0.1) is 0 Å². The molecule has 0 bridgehead atoms. The molecule has 0 radical (unpaired) electrons. The van der Waals surface area contributed by atoms with E-state index in [1.54, 1.807) is 0 Å². The Morgan fingerprint density at radius 1 is 0.879 bits per heavy atom. The van der Waals surface area contributed by atoms with Crippen LogP contribution in [0, 0.1) is 5.82 Å². The average molecular weight is 450 g/mol. The van der Waals surface area contributed by atoms with Crippen molar-refractivity contribution in [2.75, 3.05) is 0 Å². The van der Waals surface area contributed by atoms with Crippen molar-refractivity contribution in [3.8, 4) is 40.1 Å². The molecule has 1 aliphatic heterocycles. The lowest BCUT2D eigenvalue weighted by Gasteiger charge is -2.26. The lowest BCUT2D eigenvalue weighted by Crippen LogP contribution is -2.22. The van der Waals surface area contributed by atoms with Gasteiger partial charge in [-0.3, -0.25) is 9.59 Å². The normalized spacial score (nSPS) is 15.3. The number of ether oxygens (including phenoxy) is 1. The quantitative estimate of drug-likeness (QED) is 0.205. The Morgan fingerprint density at radius 3 is 2.30 bits per heavy atom. The predicted octanol–water partition coefficient (Wildman–Crippen LogP) is 3.86. The maximum absolute atomic E-state index is 13.5. The first kappa shape index (κ1) is 20.4. The van der Waals surface area contributed by atoms with Crippen molar-refractivity contribution in [3.05, 3.63) is 75.7 Å². The molecule has 0 saturated heterocycles. The molecule has 1 aliphatic rings. The zero-order valence-electron chi connectivity index (χ0n) is 16.7. The highest BCUT2D eigenvalue weighted by atomic mass is 19.1. The number of fused-ring (bicyclic) bond motifs is 3. The van der Waals surface area contributed by atoms with Crippen LogP contribution in [-0.2, 0) is 4.79 Å². The number of esters is 1. The largest absolute Gasteiger partial charge is 0.507 e. The smallest absolute Gasteiger partial charge is 0.312 e. The van der Waals surface area contributed by atoms with Gasteiger partial charge in [0, 0.05) is 23.1 Å². The predicted molar refractivity (Wildman–Crippen MR) is 113 cm³/mol. The van der Waals surface area contributed by atoms with Crippen LogP contribution >= 0.6 is 0 Å². The Kier molecular flexibility index (Phi) is 4.49. The zero-order valence-corrected chi connectivity index (χ0v) is 16.7. The van der Waals surface area contributed by atoms with Gasteiger partial charge in [-0.05, 0) is 35.9 Å². The summed E-state index contributed by atoms with van der Waals surface area (Å²) in [6.45, 7) is 0. The van der Waals surface area contributed by atoms with E-state index in [9.17, 15) is 34.4 Å². The Balaban J connectivity index is 1.85. The molecule has 0 amide bonds. The number of benzene rings is 3. The number of carbonyl (C=O) groups excluding carboxylic acids is 1. The van der Waals surface area contributed by atoms with Crippen LogP contribution in [0.3, 0.4) is 0 Å². The van der Waals surface area contributed by atoms with Crippen molar-refractivity contribution in [2.24, 2.45) is 0 Å². The third kappa shape index (κ3) is 3.21. The van der Waals surface area contributed by atoms with Crippen LogP contribution in [0.25, 0.3) is 22.3 Å². The van der Waals surface area contributed by atoms with Gasteiger partial charge in [-0.25, -0.2) is 4.39 Å². The molecule has 3 aromatic carbocycles. The average Bonchev–Trinajstić information content (AvgIpc) is 2.77. The minimum Gasteiger partial charge on any atom is -0.507 e. The van der Waals surface area contributed by atoms with Crippen LogP contribution in [0.15, 0.2) is 57.7 Å². The highest BCUT2D eigenvalue weighted by molar-refractivity contribution is 5.94. The second-order valence-electron chi connectivity index (χ2n) is 7.61. The molecule has 33 heavy (non-hydrogen) atoms. The van der Waals surface area contributed by atoms with E-state index in [4.69, 9.17) is 9.15 Å². The van der Waals surface area contributed by atoms with Crippen LogP contribution in [0.1, 0.15) is 23.5 Å². The molecule has 9 heteroatoms. The first-order chi connectivity index (χ1) is 15.7. The fraction of sp³-hybridized carbons (Fsp3) is 0.0833. The summed E-state index contributed by atoms with van der Waals surface area (Å²) in [6.07, 6.45) is -0.140. The molecule has 166 valence electrons. The lowest BCUT2D eigenvalue weighted by atomic mass is 9.85. The minimum absolute atomic E-state index is 0.0427. The van der Waals surface area contributed by atoms with Gasteiger partial charge in [0.05, 0.1) is 6.42 Å². The van der Waals surface area contributed by atoms with E-state index < -0.39 is 46.1 Å². The molecule has 1 aromatic heterocycles. The number of carbonyl (C=O) groups is 1. The van der Waals surface area contributed by atoms with Gasteiger partial charge in [-0.1, -0.05) is 12.1 Å². The van der Waals surface area contributed by atoms with Crippen molar-refractivity contribution in [3.63, 3.8) is 0 Å². The van der Waals surface area contributed by atoms with Crippen molar-refractivity contribution in [1.82, 2.24) is 0 Å². The van der Waals surface area contributed by atoms with Crippen LogP contribution in [0.2, 0.25) is 0 Å². The molecule has 8 nitrogen and oxygen atoms in total. The summed E-state index contributed by atoms with van der Waals surface area (Å²) in [7, 11) is 0. The zero-order chi connectivity index (χ0) is 23.4.